The molecule has 11 nitrogen and oxygen atoms in total. The van der Waals surface area contributed by atoms with Gasteiger partial charge in [-0.15, -0.1) is 0 Å². The van der Waals surface area contributed by atoms with Crippen molar-refractivity contribution >= 4 is 33.7 Å². The molecule has 0 aliphatic rings. The van der Waals surface area contributed by atoms with Crippen LogP contribution in [0.2, 0.25) is 0 Å². The molecule has 1 amide bonds. The zero-order chi connectivity index (χ0) is 26.2. The Kier molecular flexibility index (Phi) is 5.83. The number of hydrogen-bond acceptors (Lipinski definition) is 7. The number of aromatic amines is 2. The van der Waals surface area contributed by atoms with Crippen molar-refractivity contribution in [2.45, 2.75) is 33.1 Å². The summed E-state index contributed by atoms with van der Waals surface area (Å²) in [5.41, 5.74) is 3.92. The molecule has 0 spiro atoms. The second kappa shape index (κ2) is 9.47. The molecule has 6 aromatic rings. The van der Waals surface area contributed by atoms with Gasteiger partial charge < -0.3 is 10.3 Å². The fraction of sp³-hybridized carbons (Fsp3) is 0.192. The smallest absolute Gasteiger partial charge is 0.224 e. The van der Waals surface area contributed by atoms with E-state index in [-0.39, 0.29) is 22.5 Å². The quantitative estimate of drug-likeness (QED) is 0.282. The van der Waals surface area contributed by atoms with Crippen molar-refractivity contribution < 1.29 is 9.18 Å². The van der Waals surface area contributed by atoms with E-state index >= 15 is 4.39 Å². The molecule has 3 N–H and O–H groups in total. The van der Waals surface area contributed by atoms with Crippen LogP contribution in [0.3, 0.4) is 0 Å². The van der Waals surface area contributed by atoms with Gasteiger partial charge in [-0.2, -0.15) is 5.10 Å². The fourth-order valence-electron chi connectivity index (χ4n) is 4.31. The molecule has 0 unspecified atom stereocenters. The highest BCUT2D eigenvalue weighted by atomic mass is 19.1. The molecule has 0 aliphatic heterocycles. The number of aryl methyl sites for hydroxylation is 1. The monoisotopic (exact) mass is 510 g/mol. The summed E-state index contributed by atoms with van der Waals surface area (Å²) in [5.74, 6) is 0.347. The van der Waals surface area contributed by atoms with Crippen molar-refractivity contribution in [1.82, 2.24) is 44.7 Å². The lowest BCUT2D eigenvalue weighted by Crippen LogP contribution is -2.11. The highest BCUT2D eigenvalue weighted by molar-refractivity contribution is 5.95. The number of nitrogens with zero attached hydrogens (tertiary/aromatic N) is 7. The molecule has 6 aromatic heterocycles. The Balaban J connectivity index is 1.41. The number of hydrogen-bond donors (Lipinski definition) is 3. The van der Waals surface area contributed by atoms with Gasteiger partial charge in [-0.25, -0.2) is 24.3 Å². The first-order valence-electron chi connectivity index (χ1n) is 12.2. The highest BCUT2D eigenvalue weighted by Gasteiger charge is 2.21. The van der Waals surface area contributed by atoms with E-state index in [9.17, 15) is 4.79 Å². The minimum Gasteiger partial charge on any atom is -0.336 e. The first kappa shape index (κ1) is 23.4. The molecule has 0 aliphatic carbocycles. The molecule has 6 rings (SSSR count). The number of carbonyl (C=O) groups is 1. The summed E-state index contributed by atoms with van der Waals surface area (Å²) in [6.45, 7) is 3.91. The molecule has 12 heteroatoms. The van der Waals surface area contributed by atoms with Gasteiger partial charge in [-0.05, 0) is 25.5 Å². The summed E-state index contributed by atoms with van der Waals surface area (Å²) in [6.07, 6.45) is 11.8. The van der Waals surface area contributed by atoms with Gasteiger partial charge in [0.25, 0.3) is 0 Å². The van der Waals surface area contributed by atoms with Crippen LogP contribution in [0.15, 0.2) is 49.4 Å². The summed E-state index contributed by atoms with van der Waals surface area (Å²) < 4.78 is 17.8. The molecule has 0 fully saturated rings. The third-order valence-electron chi connectivity index (χ3n) is 6.18. The van der Waals surface area contributed by atoms with E-state index in [0.29, 0.717) is 40.5 Å². The molecule has 6 heterocycles. The zero-order valence-electron chi connectivity index (χ0n) is 20.7. The maximum Gasteiger partial charge on any atom is 0.224 e. The number of nitrogens with one attached hydrogen (secondary N) is 3. The van der Waals surface area contributed by atoms with Gasteiger partial charge in [0.2, 0.25) is 5.91 Å². The third kappa shape index (κ3) is 4.15. The highest BCUT2D eigenvalue weighted by Crippen LogP contribution is 2.33. The van der Waals surface area contributed by atoms with Crippen LogP contribution < -0.4 is 5.32 Å². The van der Waals surface area contributed by atoms with E-state index in [1.807, 2.05) is 20.0 Å². The topological polar surface area (TPSA) is 143 Å². The number of fused-ring (bicyclic) bond motifs is 2. The number of amides is 1. The number of unbranched alkanes of at least 4 members (excludes halogenated alkanes) is 1. The van der Waals surface area contributed by atoms with Crippen LogP contribution in [-0.4, -0.2) is 50.6 Å². The Bertz CT molecular complexity index is 1800. The molecule has 190 valence electrons. The molecule has 0 saturated carbocycles. The normalized spacial score (nSPS) is 11.4. The lowest BCUT2D eigenvalue weighted by Gasteiger charge is -2.08. The largest absolute Gasteiger partial charge is 0.336 e. The van der Waals surface area contributed by atoms with Crippen LogP contribution in [0, 0.1) is 12.7 Å². The number of anilines is 1. The van der Waals surface area contributed by atoms with Gasteiger partial charge in [-0.3, -0.25) is 19.4 Å². The van der Waals surface area contributed by atoms with Crippen LogP contribution >= 0.6 is 0 Å². The van der Waals surface area contributed by atoms with E-state index in [0.717, 1.165) is 24.1 Å². The van der Waals surface area contributed by atoms with Crippen LogP contribution in [0.5, 0.6) is 0 Å². The predicted octanol–water partition coefficient (Wildman–Crippen LogP) is 4.72. The number of pyridine rings is 3. The molecular formula is C26H23FN10O. The van der Waals surface area contributed by atoms with Crippen molar-refractivity contribution in [1.29, 1.82) is 0 Å². The molecule has 0 saturated heterocycles. The number of aromatic nitrogens is 9. The average Bonchev–Trinajstić information content (AvgIpc) is 3.65. The second-order valence-corrected chi connectivity index (χ2v) is 8.94. The van der Waals surface area contributed by atoms with Crippen LogP contribution in [-0.2, 0) is 4.79 Å². The predicted molar refractivity (Wildman–Crippen MR) is 140 cm³/mol. The summed E-state index contributed by atoms with van der Waals surface area (Å²) in [4.78, 5) is 37.4. The number of imidazole rings is 2. The summed E-state index contributed by atoms with van der Waals surface area (Å²) in [6, 6.07) is 3.47. The maximum absolute atomic E-state index is 16.0. The van der Waals surface area contributed by atoms with E-state index in [2.05, 4.69) is 40.4 Å². The molecule has 0 aromatic carbocycles. The summed E-state index contributed by atoms with van der Waals surface area (Å²) >= 11 is 0. The van der Waals surface area contributed by atoms with Crippen LogP contribution in [0.1, 0.15) is 31.9 Å². The van der Waals surface area contributed by atoms with E-state index in [1.165, 1.54) is 18.6 Å². The molecule has 0 bridgehead atoms. The lowest BCUT2D eigenvalue weighted by molar-refractivity contribution is -0.116. The number of H-pyrrole nitrogens is 2. The van der Waals surface area contributed by atoms with Gasteiger partial charge >= 0.3 is 0 Å². The van der Waals surface area contributed by atoms with Gasteiger partial charge in [0.15, 0.2) is 17.3 Å². The van der Waals surface area contributed by atoms with Crippen molar-refractivity contribution in [3.05, 3.63) is 61.0 Å². The fourth-order valence-corrected chi connectivity index (χ4v) is 4.31. The van der Waals surface area contributed by atoms with E-state index in [1.54, 1.807) is 29.2 Å². The minimum absolute atomic E-state index is 0.110. The Morgan fingerprint density at radius 3 is 2.89 bits per heavy atom. The number of carbonyl (C=O) groups excluding carboxylic acids is 1. The van der Waals surface area contributed by atoms with Gasteiger partial charge in [0.1, 0.15) is 23.4 Å². The molecule has 0 atom stereocenters. The molecule has 38 heavy (non-hydrogen) atoms. The van der Waals surface area contributed by atoms with Gasteiger partial charge in [0, 0.05) is 42.3 Å². The summed E-state index contributed by atoms with van der Waals surface area (Å²) in [7, 11) is 0. The first-order valence-corrected chi connectivity index (χ1v) is 12.2. The van der Waals surface area contributed by atoms with Gasteiger partial charge in [0.05, 0.1) is 28.5 Å². The van der Waals surface area contributed by atoms with Crippen molar-refractivity contribution in [3.63, 3.8) is 0 Å². The first-order chi connectivity index (χ1) is 18.5. The maximum atomic E-state index is 16.0. The third-order valence-corrected chi connectivity index (χ3v) is 6.18. The van der Waals surface area contributed by atoms with Crippen molar-refractivity contribution in [3.8, 4) is 28.5 Å². The number of rotatable bonds is 7. The Morgan fingerprint density at radius 2 is 2.08 bits per heavy atom. The van der Waals surface area contributed by atoms with Crippen molar-refractivity contribution in [2.24, 2.45) is 0 Å². The van der Waals surface area contributed by atoms with Gasteiger partial charge in [-0.1, -0.05) is 13.3 Å². The van der Waals surface area contributed by atoms with Crippen molar-refractivity contribution in [2.75, 3.05) is 5.32 Å². The SMILES string of the molecule is CCCCC(=O)Nc1cncc(-c2cnc3n[nH]c(-c4nc5c(-n6cnc(C)c6)nccc5[nH]4)c3c2F)c1. The van der Waals surface area contributed by atoms with E-state index in [4.69, 9.17) is 4.98 Å². The van der Waals surface area contributed by atoms with Crippen LogP contribution in [0.4, 0.5) is 10.1 Å². The summed E-state index contributed by atoms with van der Waals surface area (Å²) in [5, 5.41) is 10.1. The Morgan fingerprint density at radius 1 is 1.18 bits per heavy atom. The standard InChI is InChI=1S/C26H23FN10O/c1-3-4-5-19(38)32-16-8-15(9-28-10-16)17-11-30-24-20(21(17)27)23(35-36-24)25-33-18-6-7-29-26(22(18)34-25)37-12-14(2)31-13-37/h6-13H,3-5H2,1-2H3,(H,32,38)(H,33,34)(H,30,35,36). The van der Waals surface area contributed by atoms with E-state index < -0.39 is 5.82 Å². The molecule has 0 radical (unpaired) electrons. The minimum atomic E-state index is -0.529. The Hall–Kier alpha value is -5.00. The Labute approximate surface area is 215 Å². The van der Waals surface area contributed by atoms with Crippen LogP contribution in [0.25, 0.3) is 50.5 Å². The molecular weight excluding hydrogens is 487 g/mol. The zero-order valence-corrected chi connectivity index (χ0v) is 20.7. The second-order valence-electron chi connectivity index (χ2n) is 8.94. The number of halogens is 1. The average molecular weight is 511 g/mol. The lowest BCUT2D eigenvalue weighted by atomic mass is 10.1.